The van der Waals surface area contributed by atoms with Gasteiger partial charge in [0, 0.05) is 32.2 Å². The van der Waals surface area contributed by atoms with Gasteiger partial charge < -0.3 is 9.64 Å². The molecule has 8 heteroatoms. The van der Waals surface area contributed by atoms with Crippen molar-refractivity contribution in [2.75, 3.05) is 19.7 Å². The van der Waals surface area contributed by atoms with Gasteiger partial charge >= 0.3 is 0 Å². The van der Waals surface area contributed by atoms with Crippen molar-refractivity contribution in [2.45, 2.75) is 37.5 Å². The summed E-state index contributed by atoms with van der Waals surface area (Å²) in [6.45, 7) is 1.57. The Labute approximate surface area is 128 Å². The molecule has 1 fully saturated rings. The van der Waals surface area contributed by atoms with Crippen LogP contribution in [-0.2, 0) is 9.53 Å². The van der Waals surface area contributed by atoms with Crippen LogP contribution in [-0.4, -0.2) is 51.3 Å². The number of aromatic nitrogens is 3. The molecule has 0 aliphatic carbocycles. The normalized spacial score (nSPS) is 22.3. The van der Waals surface area contributed by atoms with Crippen LogP contribution < -0.4 is 0 Å². The molecule has 1 aromatic rings. The summed E-state index contributed by atoms with van der Waals surface area (Å²) in [5.41, 5.74) is -0.404. The van der Waals surface area contributed by atoms with Crippen LogP contribution in [0.5, 0.6) is 0 Å². The van der Waals surface area contributed by atoms with Crippen LogP contribution in [0.1, 0.15) is 37.6 Å². The average molecular weight is 302 g/mol. The molecule has 1 amide bonds. The topological polar surface area (TPSA) is 95.8 Å². The number of aromatic amines is 1. The van der Waals surface area contributed by atoms with E-state index in [1.807, 2.05) is 0 Å². The molecular formula is C14H18N6O2. The van der Waals surface area contributed by atoms with E-state index in [9.17, 15) is 4.79 Å². The molecule has 8 nitrogen and oxygen atoms in total. The fourth-order valence-electron chi connectivity index (χ4n) is 2.54. The first kappa shape index (κ1) is 14.7. The number of amides is 1. The van der Waals surface area contributed by atoms with Crippen molar-refractivity contribution >= 4 is 5.91 Å². The predicted octanol–water partition coefficient (Wildman–Crippen LogP) is 1.06. The second-order valence-electron chi connectivity index (χ2n) is 5.46. The molecule has 3 rings (SSSR count). The molecule has 1 unspecified atom stereocenters. The lowest BCUT2D eigenvalue weighted by atomic mass is 10.0. The maximum atomic E-state index is 12.4. The van der Waals surface area contributed by atoms with E-state index >= 15 is 0 Å². The molecule has 0 aromatic carbocycles. The fraction of sp³-hybridized carbons (Fsp3) is 0.643. The van der Waals surface area contributed by atoms with Gasteiger partial charge in [-0.25, -0.2) is 4.98 Å². The number of carbonyl (C=O) groups excluding carboxylic acids is 1. The standard InChI is InChI=1S/C14H18N6O2/c1-2-3-5-14(18-19-14)6-4-12(21)20-7-8-22-11(9-20)13-15-10-16-17-13/h1,10-11H,3-9H2,(H,15,16,17). The largest absolute Gasteiger partial charge is 0.367 e. The van der Waals surface area contributed by atoms with Gasteiger partial charge in [0.05, 0.1) is 13.2 Å². The zero-order valence-electron chi connectivity index (χ0n) is 12.2. The molecule has 3 heterocycles. The second kappa shape index (κ2) is 6.23. The van der Waals surface area contributed by atoms with Crippen LogP contribution in [0.25, 0.3) is 0 Å². The van der Waals surface area contributed by atoms with Crippen molar-refractivity contribution in [3.05, 3.63) is 12.2 Å². The summed E-state index contributed by atoms with van der Waals surface area (Å²) in [6, 6.07) is 0. The Hall–Kier alpha value is -2.27. The van der Waals surface area contributed by atoms with E-state index in [4.69, 9.17) is 11.2 Å². The molecule has 0 saturated carbocycles. The van der Waals surface area contributed by atoms with E-state index < -0.39 is 5.66 Å². The highest BCUT2D eigenvalue weighted by molar-refractivity contribution is 5.76. The van der Waals surface area contributed by atoms with Gasteiger partial charge in [0.1, 0.15) is 12.4 Å². The first-order valence-corrected chi connectivity index (χ1v) is 7.35. The lowest BCUT2D eigenvalue weighted by Crippen LogP contribution is -2.42. The highest BCUT2D eigenvalue weighted by Crippen LogP contribution is 2.37. The summed E-state index contributed by atoms with van der Waals surface area (Å²) in [5, 5.41) is 14.7. The summed E-state index contributed by atoms with van der Waals surface area (Å²) < 4.78 is 5.63. The molecule has 0 radical (unpaired) electrons. The van der Waals surface area contributed by atoms with Crippen molar-refractivity contribution in [1.29, 1.82) is 0 Å². The van der Waals surface area contributed by atoms with Crippen LogP contribution in [0, 0.1) is 12.3 Å². The fourth-order valence-corrected chi connectivity index (χ4v) is 2.54. The van der Waals surface area contributed by atoms with E-state index in [0.717, 1.165) is 6.42 Å². The Morgan fingerprint density at radius 1 is 1.55 bits per heavy atom. The van der Waals surface area contributed by atoms with Gasteiger partial charge in [-0.1, -0.05) is 0 Å². The number of carbonyl (C=O) groups is 1. The third-order valence-corrected chi connectivity index (χ3v) is 3.95. The average Bonchev–Trinajstić information content (AvgIpc) is 3.10. The van der Waals surface area contributed by atoms with Crippen LogP contribution in [0.15, 0.2) is 16.6 Å². The monoisotopic (exact) mass is 302 g/mol. The van der Waals surface area contributed by atoms with Crippen LogP contribution in [0.4, 0.5) is 0 Å². The van der Waals surface area contributed by atoms with Crippen molar-refractivity contribution in [2.24, 2.45) is 10.2 Å². The minimum absolute atomic E-state index is 0.0881. The van der Waals surface area contributed by atoms with Gasteiger partial charge in [0.2, 0.25) is 5.91 Å². The summed E-state index contributed by atoms with van der Waals surface area (Å²) >= 11 is 0. The van der Waals surface area contributed by atoms with Crippen LogP contribution in [0.2, 0.25) is 0 Å². The first-order chi connectivity index (χ1) is 10.7. The first-order valence-electron chi connectivity index (χ1n) is 7.35. The SMILES string of the molecule is C#CCCC1(CCC(=O)N2CCOC(c3ncn[nH]3)C2)N=N1. The zero-order chi connectivity index (χ0) is 15.4. The molecule has 1 saturated heterocycles. The van der Waals surface area contributed by atoms with Crippen molar-refractivity contribution < 1.29 is 9.53 Å². The van der Waals surface area contributed by atoms with E-state index in [1.165, 1.54) is 6.33 Å². The third kappa shape index (κ3) is 3.31. The van der Waals surface area contributed by atoms with Gasteiger partial charge in [-0.15, -0.1) is 12.3 Å². The zero-order valence-corrected chi connectivity index (χ0v) is 12.2. The maximum absolute atomic E-state index is 12.4. The Bertz CT molecular complexity index is 585. The Balaban J connectivity index is 1.49. The number of nitrogens with one attached hydrogen (secondary N) is 1. The number of hydrogen-bond donors (Lipinski definition) is 1. The lowest BCUT2D eigenvalue weighted by Gasteiger charge is -2.32. The van der Waals surface area contributed by atoms with E-state index in [1.54, 1.807) is 4.90 Å². The van der Waals surface area contributed by atoms with Crippen LogP contribution in [0.3, 0.4) is 0 Å². The van der Waals surface area contributed by atoms with Crippen molar-refractivity contribution in [3.63, 3.8) is 0 Å². The van der Waals surface area contributed by atoms with E-state index in [0.29, 0.717) is 44.8 Å². The number of hydrogen-bond acceptors (Lipinski definition) is 6. The van der Waals surface area contributed by atoms with E-state index in [-0.39, 0.29) is 12.0 Å². The molecule has 0 bridgehead atoms. The summed E-state index contributed by atoms with van der Waals surface area (Å²) in [4.78, 5) is 18.2. The lowest BCUT2D eigenvalue weighted by molar-refractivity contribution is -0.139. The molecular weight excluding hydrogens is 284 g/mol. The van der Waals surface area contributed by atoms with Gasteiger partial charge in [0.25, 0.3) is 0 Å². The van der Waals surface area contributed by atoms with Crippen LogP contribution >= 0.6 is 0 Å². The van der Waals surface area contributed by atoms with Gasteiger partial charge in [-0.05, 0) is 0 Å². The predicted molar refractivity (Wildman–Crippen MR) is 76.5 cm³/mol. The molecule has 116 valence electrons. The number of morpholine rings is 1. The smallest absolute Gasteiger partial charge is 0.222 e. The maximum Gasteiger partial charge on any atom is 0.222 e. The van der Waals surface area contributed by atoms with Gasteiger partial charge in [-0.3, -0.25) is 9.89 Å². The summed E-state index contributed by atoms with van der Waals surface area (Å²) in [6.07, 6.45) is 8.85. The van der Waals surface area contributed by atoms with Crippen molar-refractivity contribution in [1.82, 2.24) is 20.1 Å². The molecule has 2 aliphatic rings. The minimum Gasteiger partial charge on any atom is -0.367 e. The number of rotatable bonds is 6. The molecule has 22 heavy (non-hydrogen) atoms. The summed E-state index contributed by atoms with van der Waals surface area (Å²) in [5.74, 6) is 3.32. The Morgan fingerprint density at radius 2 is 2.41 bits per heavy atom. The highest BCUT2D eigenvalue weighted by Gasteiger charge is 2.40. The third-order valence-electron chi connectivity index (χ3n) is 3.95. The van der Waals surface area contributed by atoms with Gasteiger partial charge in [0.15, 0.2) is 11.5 Å². The second-order valence-corrected chi connectivity index (χ2v) is 5.46. The summed E-state index contributed by atoms with van der Waals surface area (Å²) in [7, 11) is 0. The molecule has 0 spiro atoms. The molecule has 1 atom stereocenters. The van der Waals surface area contributed by atoms with Crippen molar-refractivity contribution in [3.8, 4) is 12.3 Å². The number of ether oxygens (including phenoxy) is 1. The molecule has 1 N–H and O–H groups in total. The minimum atomic E-state index is -0.404. The Kier molecular flexibility index (Phi) is 4.15. The van der Waals surface area contributed by atoms with Gasteiger partial charge in [-0.2, -0.15) is 15.3 Å². The number of H-pyrrole nitrogens is 1. The van der Waals surface area contributed by atoms with E-state index in [2.05, 4.69) is 31.3 Å². The molecule has 1 aromatic heterocycles. The number of terminal acetylenes is 1. The number of nitrogens with zero attached hydrogens (tertiary/aromatic N) is 5. The quantitative estimate of drug-likeness (QED) is 0.795. The molecule has 2 aliphatic heterocycles. The highest BCUT2D eigenvalue weighted by atomic mass is 16.5. The Morgan fingerprint density at radius 3 is 3.09 bits per heavy atom.